The highest BCUT2D eigenvalue weighted by molar-refractivity contribution is 4.95. The van der Waals surface area contributed by atoms with Gasteiger partial charge in [0.1, 0.15) is 0 Å². The SMILES string of the molecule is COCCOC1C(N)CC1OCCOC(C)(C)C. The van der Waals surface area contributed by atoms with Crippen LogP contribution in [0.15, 0.2) is 0 Å². The van der Waals surface area contributed by atoms with Gasteiger partial charge in [0.25, 0.3) is 0 Å². The Labute approximate surface area is 110 Å². The smallest absolute Gasteiger partial charge is 0.0989 e. The van der Waals surface area contributed by atoms with Crippen molar-refractivity contribution in [3.8, 4) is 0 Å². The summed E-state index contributed by atoms with van der Waals surface area (Å²) in [6, 6.07) is 0.0791. The van der Waals surface area contributed by atoms with Gasteiger partial charge in [-0.05, 0) is 27.2 Å². The lowest BCUT2D eigenvalue weighted by Crippen LogP contribution is -2.58. The molecular weight excluding hydrogens is 234 g/mol. The van der Waals surface area contributed by atoms with E-state index in [1.807, 2.05) is 20.8 Å². The molecule has 0 bridgehead atoms. The standard InChI is InChI=1S/C13H27NO4/c1-13(2,3)18-8-7-16-11-9-10(14)12(11)17-6-5-15-4/h10-12H,5-9,14H2,1-4H3. The molecule has 0 aromatic heterocycles. The molecule has 0 heterocycles. The van der Waals surface area contributed by atoms with Crippen molar-refractivity contribution in [2.75, 3.05) is 33.5 Å². The van der Waals surface area contributed by atoms with Gasteiger partial charge >= 0.3 is 0 Å². The highest BCUT2D eigenvalue weighted by Crippen LogP contribution is 2.25. The fourth-order valence-corrected chi connectivity index (χ4v) is 1.83. The summed E-state index contributed by atoms with van der Waals surface area (Å²) in [5.74, 6) is 0. The van der Waals surface area contributed by atoms with Crippen LogP contribution in [0.5, 0.6) is 0 Å². The van der Waals surface area contributed by atoms with Gasteiger partial charge in [-0.3, -0.25) is 0 Å². The summed E-state index contributed by atoms with van der Waals surface area (Å²) in [5, 5.41) is 0. The van der Waals surface area contributed by atoms with Crippen LogP contribution in [-0.4, -0.2) is 57.4 Å². The monoisotopic (exact) mass is 261 g/mol. The molecule has 5 nitrogen and oxygen atoms in total. The molecule has 1 fully saturated rings. The van der Waals surface area contributed by atoms with Crippen molar-refractivity contribution in [1.82, 2.24) is 0 Å². The molecule has 0 amide bonds. The topological polar surface area (TPSA) is 62.9 Å². The Balaban J connectivity index is 2.10. The van der Waals surface area contributed by atoms with E-state index in [1.165, 1.54) is 0 Å². The van der Waals surface area contributed by atoms with E-state index in [4.69, 9.17) is 24.7 Å². The first-order valence-corrected chi connectivity index (χ1v) is 6.55. The average Bonchev–Trinajstić information content (AvgIpc) is 2.27. The third-order valence-electron chi connectivity index (χ3n) is 2.84. The Morgan fingerprint density at radius 2 is 1.72 bits per heavy atom. The predicted octanol–water partition coefficient (Wildman–Crippen LogP) is 0.949. The lowest BCUT2D eigenvalue weighted by Gasteiger charge is -2.41. The van der Waals surface area contributed by atoms with E-state index in [1.54, 1.807) is 7.11 Å². The Kier molecular flexibility index (Phi) is 6.52. The molecule has 0 saturated heterocycles. The number of hydrogen-bond acceptors (Lipinski definition) is 5. The molecular formula is C13H27NO4. The van der Waals surface area contributed by atoms with Crippen LogP contribution in [0.25, 0.3) is 0 Å². The van der Waals surface area contributed by atoms with Gasteiger partial charge in [-0.1, -0.05) is 0 Å². The third kappa shape index (κ3) is 5.63. The zero-order chi connectivity index (χ0) is 13.6. The number of nitrogens with two attached hydrogens (primary N) is 1. The number of methoxy groups -OCH3 is 1. The summed E-state index contributed by atoms with van der Waals surface area (Å²) >= 11 is 0. The van der Waals surface area contributed by atoms with E-state index >= 15 is 0 Å². The quantitative estimate of drug-likeness (QED) is 0.659. The van der Waals surface area contributed by atoms with Crippen LogP contribution >= 0.6 is 0 Å². The minimum absolute atomic E-state index is 0.00483. The normalized spacial score (nSPS) is 28.2. The average molecular weight is 261 g/mol. The van der Waals surface area contributed by atoms with Gasteiger partial charge in [-0.25, -0.2) is 0 Å². The van der Waals surface area contributed by atoms with Gasteiger partial charge in [0.15, 0.2) is 0 Å². The first-order valence-electron chi connectivity index (χ1n) is 6.55. The van der Waals surface area contributed by atoms with Crippen molar-refractivity contribution < 1.29 is 18.9 Å². The summed E-state index contributed by atoms with van der Waals surface area (Å²) in [5.41, 5.74) is 5.77. The lowest BCUT2D eigenvalue weighted by atomic mass is 9.86. The van der Waals surface area contributed by atoms with Crippen molar-refractivity contribution in [3.05, 3.63) is 0 Å². The zero-order valence-electron chi connectivity index (χ0n) is 12.0. The van der Waals surface area contributed by atoms with Crippen molar-refractivity contribution in [2.45, 2.75) is 51.0 Å². The molecule has 2 N–H and O–H groups in total. The van der Waals surface area contributed by atoms with E-state index in [0.717, 1.165) is 6.42 Å². The molecule has 0 aliphatic heterocycles. The molecule has 0 radical (unpaired) electrons. The number of hydrogen-bond donors (Lipinski definition) is 1. The van der Waals surface area contributed by atoms with Crippen LogP contribution in [0, 0.1) is 0 Å². The first-order chi connectivity index (χ1) is 8.44. The summed E-state index contributed by atoms with van der Waals surface area (Å²) in [7, 11) is 1.65. The largest absolute Gasteiger partial charge is 0.382 e. The van der Waals surface area contributed by atoms with Crippen molar-refractivity contribution in [3.63, 3.8) is 0 Å². The molecule has 0 spiro atoms. The van der Waals surface area contributed by atoms with Crippen molar-refractivity contribution in [2.24, 2.45) is 5.73 Å². The van der Waals surface area contributed by atoms with Gasteiger partial charge in [0, 0.05) is 13.2 Å². The summed E-state index contributed by atoms with van der Waals surface area (Å²) in [6.07, 6.45) is 0.947. The van der Waals surface area contributed by atoms with Crippen LogP contribution in [-0.2, 0) is 18.9 Å². The highest BCUT2D eigenvalue weighted by Gasteiger charge is 2.40. The van der Waals surface area contributed by atoms with Crippen LogP contribution in [0.4, 0.5) is 0 Å². The van der Waals surface area contributed by atoms with E-state index in [9.17, 15) is 0 Å². The van der Waals surface area contributed by atoms with Gasteiger partial charge < -0.3 is 24.7 Å². The summed E-state index contributed by atoms with van der Waals surface area (Å²) in [4.78, 5) is 0. The molecule has 18 heavy (non-hydrogen) atoms. The molecule has 3 atom stereocenters. The highest BCUT2D eigenvalue weighted by atomic mass is 16.6. The fraction of sp³-hybridized carbons (Fsp3) is 1.00. The second-order valence-corrected chi connectivity index (χ2v) is 5.60. The molecule has 1 aliphatic carbocycles. The predicted molar refractivity (Wildman–Crippen MR) is 69.7 cm³/mol. The number of rotatable bonds is 8. The molecule has 1 aliphatic rings. The van der Waals surface area contributed by atoms with Gasteiger partial charge in [0.2, 0.25) is 0 Å². The molecule has 108 valence electrons. The van der Waals surface area contributed by atoms with Crippen molar-refractivity contribution >= 4 is 0 Å². The summed E-state index contributed by atoms with van der Waals surface area (Å²) in [6.45, 7) is 8.42. The fourth-order valence-electron chi connectivity index (χ4n) is 1.83. The number of ether oxygens (including phenoxy) is 4. The van der Waals surface area contributed by atoms with Crippen molar-refractivity contribution in [1.29, 1.82) is 0 Å². The molecule has 0 aromatic rings. The lowest BCUT2D eigenvalue weighted by molar-refractivity contribution is -0.155. The van der Waals surface area contributed by atoms with E-state index in [0.29, 0.717) is 26.4 Å². The van der Waals surface area contributed by atoms with Gasteiger partial charge in [-0.2, -0.15) is 0 Å². The maximum atomic E-state index is 5.89. The molecule has 0 aromatic carbocycles. The molecule has 5 heteroatoms. The van der Waals surface area contributed by atoms with Gasteiger partial charge in [0.05, 0.1) is 44.2 Å². The molecule has 1 rings (SSSR count). The minimum Gasteiger partial charge on any atom is -0.382 e. The third-order valence-corrected chi connectivity index (χ3v) is 2.84. The molecule has 3 unspecified atom stereocenters. The van der Waals surface area contributed by atoms with E-state index < -0.39 is 0 Å². The zero-order valence-corrected chi connectivity index (χ0v) is 12.0. The van der Waals surface area contributed by atoms with Crippen LogP contribution in [0.1, 0.15) is 27.2 Å². The first kappa shape index (κ1) is 15.9. The van der Waals surface area contributed by atoms with Crippen LogP contribution in [0.3, 0.4) is 0 Å². The Morgan fingerprint density at radius 1 is 1.06 bits per heavy atom. The van der Waals surface area contributed by atoms with Crippen LogP contribution < -0.4 is 5.73 Å². The summed E-state index contributed by atoms with van der Waals surface area (Å²) < 4.78 is 21.9. The van der Waals surface area contributed by atoms with Gasteiger partial charge in [-0.15, -0.1) is 0 Å². The minimum atomic E-state index is -0.117. The second kappa shape index (κ2) is 7.40. The van der Waals surface area contributed by atoms with Crippen LogP contribution in [0.2, 0.25) is 0 Å². The van der Waals surface area contributed by atoms with E-state index in [-0.39, 0.29) is 23.9 Å². The maximum Gasteiger partial charge on any atom is 0.0989 e. The maximum absolute atomic E-state index is 5.89. The Hall–Kier alpha value is -0.200. The second-order valence-electron chi connectivity index (χ2n) is 5.60. The molecule has 1 saturated carbocycles. The Bertz CT molecular complexity index is 230. The van der Waals surface area contributed by atoms with E-state index in [2.05, 4.69) is 0 Å². The Morgan fingerprint density at radius 3 is 2.28 bits per heavy atom.